The Kier molecular flexibility index (Phi) is 11.3. The summed E-state index contributed by atoms with van der Waals surface area (Å²) in [6.45, 7) is 7.13. The Balaban J connectivity index is 4.67. The third-order valence-corrected chi connectivity index (χ3v) is 7.03. The molecule has 21 heavy (non-hydrogen) atoms. The average Bonchev–Trinajstić information content (AvgIpc) is 2.38. The molecule has 0 saturated carbocycles. The molecule has 0 unspecified atom stereocenters. The summed E-state index contributed by atoms with van der Waals surface area (Å²) in [5.41, 5.74) is 0. The molecule has 124 valence electrons. The number of hydrogen-bond acceptors (Lipinski definition) is 4. The van der Waals surface area contributed by atoms with Gasteiger partial charge in [-0.05, 0) is 12.8 Å². The third-order valence-electron chi connectivity index (χ3n) is 3.48. The molecule has 0 heterocycles. The van der Waals surface area contributed by atoms with Gasteiger partial charge in [0.2, 0.25) is 0 Å². The van der Waals surface area contributed by atoms with Gasteiger partial charge in [0.15, 0.2) is 0 Å². The van der Waals surface area contributed by atoms with E-state index in [1.165, 1.54) is 26.7 Å². The lowest BCUT2D eigenvalue weighted by atomic mass is 10.2. The van der Waals surface area contributed by atoms with Crippen LogP contribution in [-0.4, -0.2) is 20.5 Å². The van der Waals surface area contributed by atoms with Crippen LogP contribution in [0.15, 0.2) is 0 Å². The van der Waals surface area contributed by atoms with E-state index >= 15 is 0 Å². The van der Waals surface area contributed by atoms with Crippen LogP contribution in [0, 0.1) is 0 Å². The van der Waals surface area contributed by atoms with E-state index in [0.29, 0.717) is 0 Å². The van der Waals surface area contributed by atoms with Crippen LogP contribution in [0.2, 0.25) is 12.1 Å². The van der Waals surface area contributed by atoms with Gasteiger partial charge in [-0.2, -0.15) is 0 Å². The Morgan fingerprint density at radius 1 is 0.714 bits per heavy atom. The van der Waals surface area contributed by atoms with Gasteiger partial charge in [0.25, 0.3) is 11.9 Å². The molecule has 0 N–H and O–H groups in total. The highest BCUT2D eigenvalue weighted by atomic mass is 28.4. The highest BCUT2D eigenvalue weighted by Crippen LogP contribution is 2.26. The number of hydrogen-bond donors (Lipinski definition) is 0. The minimum Gasteiger partial charge on any atom is -0.485 e. The maximum atomic E-state index is 11.4. The summed E-state index contributed by atoms with van der Waals surface area (Å²) in [4.78, 5) is 22.9. The zero-order valence-corrected chi connectivity index (χ0v) is 15.2. The van der Waals surface area contributed by atoms with E-state index in [2.05, 4.69) is 13.8 Å². The lowest BCUT2D eigenvalue weighted by Crippen LogP contribution is -2.44. The van der Waals surface area contributed by atoms with Crippen LogP contribution in [0.4, 0.5) is 0 Å². The monoisotopic (exact) mass is 316 g/mol. The van der Waals surface area contributed by atoms with Crippen LogP contribution < -0.4 is 0 Å². The molecule has 0 saturated heterocycles. The van der Waals surface area contributed by atoms with Crippen LogP contribution in [0.25, 0.3) is 0 Å². The molecule has 0 fully saturated rings. The quantitative estimate of drug-likeness (QED) is 0.386. The van der Waals surface area contributed by atoms with Crippen LogP contribution in [0.1, 0.15) is 79.1 Å². The standard InChI is InChI=1S/C16H32O4Si/c1-5-7-9-11-13-21(19-15(3)17,20-16(4)18)14-12-10-8-6-2/h5-14H2,1-4H3. The first-order valence-corrected chi connectivity index (χ1v) is 10.6. The summed E-state index contributed by atoms with van der Waals surface area (Å²) in [6, 6.07) is 1.47. The second-order valence-corrected chi connectivity index (χ2v) is 8.95. The Bertz CT molecular complexity index is 275. The first-order chi connectivity index (χ1) is 9.95. The Morgan fingerprint density at radius 3 is 1.38 bits per heavy atom. The number of carbonyl (C=O) groups is 2. The Morgan fingerprint density at radius 2 is 1.10 bits per heavy atom. The lowest BCUT2D eigenvalue weighted by Gasteiger charge is -2.29. The predicted molar refractivity (Wildman–Crippen MR) is 87.2 cm³/mol. The molecule has 0 aromatic carbocycles. The van der Waals surface area contributed by atoms with Crippen molar-refractivity contribution in [1.29, 1.82) is 0 Å². The number of rotatable bonds is 12. The fraction of sp³-hybridized carbons (Fsp3) is 0.875. The molecule has 4 nitrogen and oxygen atoms in total. The van der Waals surface area contributed by atoms with Crippen LogP contribution >= 0.6 is 0 Å². The Labute approximate surface area is 130 Å². The van der Waals surface area contributed by atoms with E-state index in [1.54, 1.807) is 0 Å². The van der Waals surface area contributed by atoms with E-state index in [0.717, 1.165) is 50.6 Å². The molecule has 0 aromatic heterocycles. The molecule has 0 rings (SSSR count). The van der Waals surface area contributed by atoms with Gasteiger partial charge in [-0.3, -0.25) is 9.59 Å². The SMILES string of the molecule is CCCCCC[Si](CCCCCC)(OC(C)=O)OC(C)=O. The maximum absolute atomic E-state index is 11.4. The van der Waals surface area contributed by atoms with Crippen LogP contribution in [0.5, 0.6) is 0 Å². The molecule has 0 radical (unpaired) electrons. The smallest absolute Gasteiger partial charge is 0.464 e. The molecule has 0 aliphatic heterocycles. The van der Waals surface area contributed by atoms with Crippen molar-refractivity contribution in [1.82, 2.24) is 0 Å². The topological polar surface area (TPSA) is 52.6 Å². The van der Waals surface area contributed by atoms with E-state index < -0.39 is 8.56 Å². The molecule has 0 aliphatic carbocycles. The van der Waals surface area contributed by atoms with Crippen molar-refractivity contribution < 1.29 is 18.4 Å². The van der Waals surface area contributed by atoms with Crippen molar-refractivity contribution in [3.8, 4) is 0 Å². The van der Waals surface area contributed by atoms with Crippen molar-refractivity contribution >= 4 is 20.5 Å². The molecule has 0 atom stereocenters. The first kappa shape index (κ1) is 20.2. The van der Waals surface area contributed by atoms with Crippen molar-refractivity contribution in [3.05, 3.63) is 0 Å². The highest BCUT2D eigenvalue weighted by molar-refractivity contribution is 6.70. The molecule has 0 aliphatic rings. The van der Waals surface area contributed by atoms with E-state index in [9.17, 15) is 9.59 Å². The minimum absolute atomic E-state index is 0.325. The van der Waals surface area contributed by atoms with Crippen LogP contribution in [0.3, 0.4) is 0 Å². The van der Waals surface area contributed by atoms with Gasteiger partial charge in [0.05, 0.1) is 0 Å². The summed E-state index contributed by atoms with van der Waals surface area (Å²) >= 11 is 0. The number of carbonyl (C=O) groups excluding carboxylic acids is 2. The molecule has 0 spiro atoms. The van der Waals surface area contributed by atoms with E-state index in [4.69, 9.17) is 8.85 Å². The second kappa shape index (κ2) is 11.8. The number of unbranched alkanes of at least 4 members (excludes halogenated alkanes) is 6. The van der Waals surface area contributed by atoms with Gasteiger partial charge in [-0.25, -0.2) is 0 Å². The van der Waals surface area contributed by atoms with Crippen molar-refractivity contribution in [3.63, 3.8) is 0 Å². The molecule has 0 bridgehead atoms. The summed E-state index contributed by atoms with van der Waals surface area (Å²) in [5.74, 6) is -0.650. The van der Waals surface area contributed by atoms with Crippen LogP contribution in [-0.2, 0) is 18.4 Å². The zero-order chi connectivity index (χ0) is 16.1. The van der Waals surface area contributed by atoms with Gasteiger partial charge in [0.1, 0.15) is 0 Å². The molecular weight excluding hydrogens is 284 g/mol. The lowest BCUT2D eigenvalue weighted by molar-refractivity contribution is -0.139. The normalized spacial score (nSPS) is 11.2. The van der Waals surface area contributed by atoms with E-state index in [-0.39, 0.29) is 11.9 Å². The first-order valence-electron chi connectivity index (χ1n) is 8.35. The fourth-order valence-electron chi connectivity index (χ4n) is 2.52. The van der Waals surface area contributed by atoms with Gasteiger partial charge in [0, 0.05) is 25.9 Å². The van der Waals surface area contributed by atoms with Crippen molar-refractivity contribution in [2.45, 2.75) is 91.1 Å². The zero-order valence-electron chi connectivity index (χ0n) is 14.2. The van der Waals surface area contributed by atoms with E-state index in [1.807, 2.05) is 0 Å². The molecular formula is C16H32O4Si. The maximum Gasteiger partial charge on any atom is 0.464 e. The largest absolute Gasteiger partial charge is 0.485 e. The van der Waals surface area contributed by atoms with Gasteiger partial charge in [-0.15, -0.1) is 0 Å². The Hall–Kier alpha value is -0.843. The van der Waals surface area contributed by atoms with Gasteiger partial charge < -0.3 is 8.85 Å². The molecule has 5 heteroatoms. The van der Waals surface area contributed by atoms with Crippen molar-refractivity contribution in [2.24, 2.45) is 0 Å². The summed E-state index contributed by atoms with van der Waals surface area (Å²) in [6.07, 6.45) is 8.79. The molecule has 0 aromatic rings. The predicted octanol–water partition coefficient (Wildman–Crippen LogP) is 4.72. The minimum atomic E-state index is -2.72. The fourth-order valence-corrected chi connectivity index (χ4v) is 5.84. The summed E-state index contributed by atoms with van der Waals surface area (Å²) in [7, 11) is -2.72. The second-order valence-electron chi connectivity index (χ2n) is 5.72. The highest BCUT2D eigenvalue weighted by Gasteiger charge is 2.42. The van der Waals surface area contributed by atoms with Gasteiger partial charge >= 0.3 is 8.56 Å². The summed E-state index contributed by atoms with van der Waals surface area (Å²) in [5, 5.41) is 0. The summed E-state index contributed by atoms with van der Waals surface area (Å²) < 4.78 is 11.1. The van der Waals surface area contributed by atoms with Gasteiger partial charge in [-0.1, -0.05) is 52.4 Å². The molecule has 0 amide bonds. The third kappa shape index (κ3) is 10.5. The van der Waals surface area contributed by atoms with Crippen molar-refractivity contribution in [2.75, 3.05) is 0 Å². The average molecular weight is 317 g/mol.